The fourth-order valence-electron chi connectivity index (χ4n) is 2.71. The molecule has 0 amide bonds. The summed E-state index contributed by atoms with van der Waals surface area (Å²) < 4.78 is 4.83. The summed E-state index contributed by atoms with van der Waals surface area (Å²) in [5, 5.41) is 0. The molecule has 0 fully saturated rings. The third-order valence-electron chi connectivity index (χ3n) is 3.44. The van der Waals surface area contributed by atoms with E-state index in [1.54, 1.807) is 0 Å². The first kappa shape index (κ1) is 12.1. The molecule has 0 aromatic heterocycles. The van der Waals surface area contributed by atoms with Gasteiger partial charge < -0.3 is 10.5 Å². The minimum atomic E-state index is -0.272. The van der Waals surface area contributed by atoms with Crippen molar-refractivity contribution in [3.05, 3.63) is 34.9 Å². The lowest BCUT2D eigenvalue weighted by Gasteiger charge is -2.36. The van der Waals surface area contributed by atoms with Crippen molar-refractivity contribution in [1.82, 2.24) is 0 Å². The molecular weight excluding hydrogens is 214 g/mol. The van der Waals surface area contributed by atoms with Gasteiger partial charge in [0.25, 0.3) is 0 Å². The topological polar surface area (TPSA) is 52.3 Å². The van der Waals surface area contributed by atoms with Gasteiger partial charge in [0, 0.05) is 6.04 Å². The third kappa shape index (κ3) is 2.20. The number of ether oxygens (including phenoxy) is 1. The maximum atomic E-state index is 11.7. The predicted octanol–water partition coefficient (Wildman–Crippen LogP) is 2.45. The van der Waals surface area contributed by atoms with Crippen molar-refractivity contribution in [2.45, 2.75) is 32.7 Å². The largest absolute Gasteiger partial charge is 0.465 e. The van der Waals surface area contributed by atoms with Crippen LogP contribution < -0.4 is 5.73 Å². The molecule has 0 radical (unpaired) electrons. The lowest BCUT2D eigenvalue weighted by Crippen LogP contribution is -2.31. The molecule has 1 aromatic carbocycles. The molecule has 3 nitrogen and oxygen atoms in total. The maximum absolute atomic E-state index is 11.7. The summed E-state index contributed by atoms with van der Waals surface area (Å²) in [6.07, 6.45) is 1.83. The molecule has 1 unspecified atom stereocenters. The molecule has 0 saturated carbocycles. The van der Waals surface area contributed by atoms with E-state index in [0.717, 1.165) is 24.0 Å². The van der Waals surface area contributed by atoms with E-state index in [1.807, 2.05) is 18.2 Å². The highest BCUT2D eigenvalue weighted by molar-refractivity contribution is 5.91. The minimum Gasteiger partial charge on any atom is -0.465 e. The van der Waals surface area contributed by atoms with E-state index in [4.69, 9.17) is 10.5 Å². The number of rotatable bonds is 1. The highest BCUT2D eigenvalue weighted by Gasteiger charge is 2.32. The number of esters is 1. The first-order valence-electron chi connectivity index (χ1n) is 5.90. The number of carbonyl (C=O) groups excluding carboxylic acids is 1. The highest BCUT2D eigenvalue weighted by Crippen LogP contribution is 2.40. The smallest absolute Gasteiger partial charge is 0.338 e. The first-order valence-corrected chi connectivity index (χ1v) is 5.90. The van der Waals surface area contributed by atoms with E-state index in [1.165, 1.54) is 7.11 Å². The average Bonchev–Trinajstić information content (AvgIpc) is 2.26. The average molecular weight is 233 g/mol. The minimum absolute atomic E-state index is 0.0124. The molecule has 1 aromatic rings. The Labute approximate surface area is 102 Å². The molecule has 0 aliphatic heterocycles. The molecule has 0 heterocycles. The Morgan fingerprint density at radius 1 is 1.47 bits per heavy atom. The van der Waals surface area contributed by atoms with Crippen LogP contribution in [-0.4, -0.2) is 13.1 Å². The zero-order valence-electron chi connectivity index (χ0n) is 10.6. The quantitative estimate of drug-likeness (QED) is 0.758. The van der Waals surface area contributed by atoms with Crippen molar-refractivity contribution >= 4 is 5.97 Å². The van der Waals surface area contributed by atoms with Crippen LogP contribution in [0.2, 0.25) is 0 Å². The summed E-state index contributed by atoms with van der Waals surface area (Å²) in [5.74, 6) is -0.272. The van der Waals surface area contributed by atoms with Crippen molar-refractivity contribution in [2.75, 3.05) is 7.11 Å². The van der Waals surface area contributed by atoms with Gasteiger partial charge in [0.15, 0.2) is 0 Å². The Morgan fingerprint density at radius 3 is 2.82 bits per heavy atom. The van der Waals surface area contributed by atoms with Gasteiger partial charge in [-0.1, -0.05) is 26.0 Å². The summed E-state index contributed by atoms with van der Waals surface area (Å²) in [5.41, 5.74) is 9.12. The Bertz CT molecular complexity index is 452. The lowest BCUT2D eigenvalue weighted by atomic mass is 9.71. The molecule has 1 atom stereocenters. The van der Waals surface area contributed by atoms with Gasteiger partial charge in [-0.25, -0.2) is 4.79 Å². The molecule has 17 heavy (non-hydrogen) atoms. The molecule has 1 aliphatic carbocycles. The van der Waals surface area contributed by atoms with E-state index < -0.39 is 0 Å². The van der Waals surface area contributed by atoms with Gasteiger partial charge in [-0.15, -0.1) is 0 Å². The van der Waals surface area contributed by atoms with Gasteiger partial charge in [0.2, 0.25) is 0 Å². The van der Waals surface area contributed by atoms with Gasteiger partial charge in [-0.3, -0.25) is 0 Å². The second-order valence-electron chi connectivity index (χ2n) is 5.52. The fourth-order valence-corrected chi connectivity index (χ4v) is 2.71. The van der Waals surface area contributed by atoms with Crippen molar-refractivity contribution in [1.29, 1.82) is 0 Å². The van der Waals surface area contributed by atoms with Crippen LogP contribution >= 0.6 is 0 Å². The third-order valence-corrected chi connectivity index (χ3v) is 3.44. The van der Waals surface area contributed by atoms with Gasteiger partial charge >= 0.3 is 5.97 Å². The van der Waals surface area contributed by atoms with Crippen molar-refractivity contribution in [3.8, 4) is 0 Å². The van der Waals surface area contributed by atoms with E-state index in [2.05, 4.69) is 13.8 Å². The van der Waals surface area contributed by atoms with E-state index >= 15 is 0 Å². The molecular formula is C14H19NO2. The van der Waals surface area contributed by atoms with Crippen LogP contribution in [0.15, 0.2) is 18.2 Å². The maximum Gasteiger partial charge on any atom is 0.338 e. The van der Waals surface area contributed by atoms with Crippen LogP contribution in [0.4, 0.5) is 0 Å². The normalized spacial score (nSPS) is 21.8. The molecule has 0 bridgehead atoms. The van der Waals surface area contributed by atoms with Crippen molar-refractivity contribution < 1.29 is 9.53 Å². The molecule has 0 spiro atoms. The number of carbonyl (C=O) groups is 1. The summed E-state index contributed by atoms with van der Waals surface area (Å²) >= 11 is 0. The standard InChI is InChI=1S/C14H19NO2/c1-14(2)7-11-9(12(15)8-14)5-4-6-10(11)13(16)17-3/h4-6,12H,7-8,15H2,1-3H3. The van der Waals surface area contributed by atoms with Gasteiger partial charge in [0.1, 0.15) is 0 Å². The summed E-state index contributed by atoms with van der Waals surface area (Å²) in [6.45, 7) is 4.37. The Hall–Kier alpha value is -1.35. The molecule has 3 heteroatoms. The fraction of sp³-hybridized carbons (Fsp3) is 0.500. The predicted molar refractivity (Wildman–Crippen MR) is 66.8 cm³/mol. The summed E-state index contributed by atoms with van der Waals surface area (Å²) in [6, 6.07) is 5.72. The molecule has 1 aliphatic rings. The molecule has 0 saturated heterocycles. The van der Waals surface area contributed by atoms with Crippen LogP contribution in [0.5, 0.6) is 0 Å². The van der Waals surface area contributed by atoms with Crippen LogP contribution in [0.3, 0.4) is 0 Å². The Balaban J connectivity index is 2.53. The zero-order chi connectivity index (χ0) is 12.6. The number of hydrogen-bond donors (Lipinski definition) is 1. The van der Waals surface area contributed by atoms with E-state index in [-0.39, 0.29) is 17.4 Å². The molecule has 2 rings (SSSR count). The number of hydrogen-bond acceptors (Lipinski definition) is 3. The Morgan fingerprint density at radius 2 is 2.18 bits per heavy atom. The van der Waals surface area contributed by atoms with Gasteiger partial charge in [0.05, 0.1) is 12.7 Å². The van der Waals surface area contributed by atoms with Crippen LogP contribution in [0.1, 0.15) is 47.8 Å². The van der Waals surface area contributed by atoms with Crippen LogP contribution in [0.25, 0.3) is 0 Å². The van der Waals surface area contributed by atoms with Crippen molar-refractivity contribution in [2.24, 2.45) is 11.1 Å². The number of nitrogens with two attached hydrogens (primary N) is 1. The second kappa shape index (κ2) is 4.15. The number of benzene rings is 1. The zero-order valence-corrected chi connectivity index (χ0v) is 10.6. The number of fused-ring (bicyclic) bond motifs is 1. The van der Waals surface area contributed by atoms with Crippen LogP contribution in [-0.2, 0) is 11.2 Å². The first-order chi connectivity index (χ1) is 7.94. The van der Waals surface area contributed by atoms with Crippen LogP contribution in [0, 0.1) is 5.41 Å². The summed E-state index contributed by atoms with van der Waals surface area (Å²) in [4.78, 5) is 11.7. The van der Waals surface area contributed by atoms with Gasteiger partial charge in [-0.2, -0.15) is 0 Å². The Kier molecular flexibility index (Phi) is 2.96. The monoisotopic (exact) mass is 233 g/mol. The second-order valence-corrected chi connectivity index (χ2v) is 5.52. The molecule has 2 N–H and O–H groups in total. The summed E-state index contributed by atoms with van der Waals surface area (Å²) in [7, 11) is 1.41. The lowest BCUT2D eigenvalue weighted by molar-refractivity contribution is 0.0598. The van der Waals surface area contributed by atoms with E-state index in [0.29, 0.717) is 5.56 Å². The molecule has 92 valence electrons. The van der Waals surface area contributed by atoms with Crippen molar-refractivity contribution in [3.63, 3.8) is 0 Å². The number of methoxy groups -OCH3 is 1. The van der Waals surface area contributed by atoms with E-state index in [9.17, 15) is 4.79 Å². The van der Waals surface area contributed by atoms with Gasteiger partial charge in [-0.05, 0) is 35.4 Å². The SMILES string of the molecule is COC(=O)c1cccc2c1CC(C)(C)CC2N. The highest BCUT2D eigenvalue weighted by atomic mass is 16.5.